The van der Waals surface area contributed by atoms with Crippen LogP contribution >= 0.6 is 0 Å². The number of fused-ring (bicyclic) bond motifs is 1. The van der Waals surface area contributed by atoms with Crippen LogP contribution in [-0.2, 0) is 26.1 Å². The van der Waals surface area contributed by atoms with Crippen molar-refractivity contribution in [3.05, 3.63) is 34.7 Å². The number of pyridine rings is 1. The largest absolute Gasteiger partial charge is 0.376 e. The standard InChI is InChI=1S/C15H21N3O5S/c1-24(21,22)17-14-13(10-6-9-23-15(10)14)16-11(19)5-8-18-7-3-2-4-12(18)20/h2-4,7,10,13-15,17H,5-6,8-9H2,1H3,(H,16,19)/t10-,13+,14-,15-/m0/s1. The van der Waals surface area contributed by atoms with E-state index < -0.39 is 16.1 Å². The Labute approximate surface area is 140 Å². The number of nitrogens with one attached hydrogen (secondary N) is 2. The molecule has 8 nitrogen and oxygen atoms in total. The summed E-state index contributed by atoms with van der Waals surface area (Å²) in [5, 5.41) is 2.89. The third-order valence-electron chi connectivity index (χ3n) is 4.54. The van der Waals surface area contributed by atoms with Crippen molar-refractivity contribution in [3.8, 4) is 0 Å². The molecular weight excluding hydrogens is 334 g/mol. The predicted octanol–water partition coefficient (Wildman–Crippen LogP) is -0.940. The third kappa shape index (κ3) is 3.68. The number of hydrogen-bond acceptors (Lipinski definition) is 5. The molecule has 0 aromatic carbocycles. The first kappa shape index (κ1) is 17.1. The van der Waals surface area contributed by atoms with Crippen LogP contribution in [0.2, 0.25) is 0 Å². The molecule has 1 aromatic heterocycles. The Balaban J connectivity index is 1.58. The van der Waals surface area contributed by atoms with Crippen molar-refractivity contribution in [2.75, 3.05) is 12.9 Å². The lowest BCUT2D eigenvalue weighted by Gasteiger charge is -2.47. The highest BCUT2D eigenvalue weighted by atomic mass is 32.2. The number of rotatable bonds is 6. The average Bonchev–Trinajstić information content (AvgIpc) is 2.94. The fourth-order valence-corrected chi connectivity index (χ4v) is 4.19. The molecule has 2 aliphatic rings. The number of carbonyl (C=O) groups is 1. The molecule has 132 valence electrons. The molecule has 2 heterocycles. The minimum atomic E-state index is -3.38. The molecule has 9 heteroatoms. The lowest BCUT2D eigenvalue weighted by atomic mass is 9.72. The highest BCUT2D eigenvalue weighted by Gasteiger charge is 2.55. The molecule has 0 radical (unpaired) electrons. The van der Waals surface area contributed by atoms with Crippen molar-refractivity contribution >= 4 is 15.9 Å². The molecule has 1 aliphatic heterocycles. The van der Waals surface area contributed by atoms with Gasteiger partial charge >= 0.3 is 0 Å². The van der Waals surface area contributed by atoms with Crippen molar-refractivity contribution in [1.82, 2.24) is 14.6 Å². The first-order valence-corrected chi connectivity index (χ1v) is 9.78. The van der Waals surface area contributed by atoms with Crippen molar-refractivity contribution in [3.63, 3.8) is 0 Å². The Morgan fingerprint density at radius 3 is 2.88 bits per heavy atom. The van der Waals surface area contributed by atoms with Gasteiger partial charge in [0.15, 0.2) is 0 Å². The van der Waals surface area contributed by atoms with Gasteiger partial charge < -0.3 is 14.6 Å². The zero-order valence-electron chi connectivity index (χ0n) is 13.3. The van der Waals surface area contributed by atoms with Gasteiger partial charge in [-0.05, 0) is 12.5 Å². The summed E-state index contributed by atoms with van der Waals surface area (Å²) in [7, 11) is -3.38. The van der Waals surface area contributed by atoms with E-state index in [1.165, 1.54) is 10.6 Å². The summed E-state index contributed by atoms with van der Waals surface area (Å²) in [6.07, 6.45) is 3.51. The summed E-state index contributed by atoms with van der Waals surface area (Å²) in [6, 6.07) is 4.12. The van der Waals surface area contributed by atoms with Crippen LogP contribution in [0.15, 0.2) is 29.2 Å². The van der Waals surface area contributed by atoms with Gasteiger partial charge in [0.05, 0.1) is 24.4 Å². The number of aryl methyl sites for hydroxylation is 1. The van der Waals surface area contributed by atoms with E-state index in [0.717, 1.165) is 12.7 Å². The van der Waals surface area contributed by atoms with Gasteiger partial charge in [0.1, 0.15) is 0 Å². The lowest BCUT2D eigenvalue weighted by molar-refractivity contribution is -0.125. The summed E-state index contributed by atoms with van der Waals surface area (Å²) in [4.78, 5) is 23.8. The number of sulfonamides is 1. The van der Waals surface area contributed by atoms with E-state index in [0.29, 0.717) is 6.61 Å². The molecule has 1 amide bonds. The van der Waals surface area contributed by atoms with Gasteiger partial charge in [-0.15, -0.1) is 0 Å². The molecule has 0 spiro atoms. The minimum Gasteiger partial charge on any atom is -0.376 e. The Morgan fingerprint density at radius 1 is 1.38 bits per heavy atom. The third-order valence-corrected chi connectivity index (χ3v) is 5.24. The Hall–Kier alpha value is -1.71. The molecule has 2 N–H and O–H groups in total. The fourth-order valence-electron chi connectivity index (χ4n) is 3.42. The molecule has 3 rings (SSSR count). The molecule has 1 saturated heterocycles. The Bertz CT molecular complexity index is 775. The van der Waals surface area contributed by atoms with Crippen molar-refractivity contribution in [2.45, 2.75) is 37.6 Å². The van der Waals surface area contributed by atoms with E-state index in [1.54, 1.807) is 18.3 Å². The van der Waals surface area contributed by atoms with Gasteiger partial charge in [0.2, 0.25) is 15.9 Å². The molecular formula is C15H21N3O5S. The maximum Gasteiger partial charge on any atom is 0.250 e. The summed E-state index contributed by atoms with van der Waals surface area (Å²) >= 11 is 0. The highest BCUT2D eigenvalue weighted by Crippen LogP contribution is 2.39. The first-order chi connectivity index (χ1) is 11.3. The molecule has 1 aliphatic carbocycles. The maximum atomic E-state index is 12.2. The summed E-state index contributed by atoms with van der Waals surface area (Å²) in [5.74, 6) is -0.0750. The van der Waals surface area contributed by atoms with Crippen LogP contribution in [0.4, 0.5) is 0 Å². The van der Waals surface area contributed by atoms with Crippen molar-refractivity contribution in [2.24, 2.45) is 5.92 Å². The summed E-state index contributed by atoms with van der Waals surface area (Å²) in [5.41, 5.74) is -0.158. The summed E-state index contributed by atoms with van der Waals surface area (Å²) in [6.45, 7) is 0.857. The van der Waals surface area contributed by atoms with Gasteiger partial charge in [-0.2, -0.15) is 0 Å². The van der Waals surface area contributed by atoms with Crippen LogP contribution in [-0.4, -0.2) is 49.9 Å². The van der Waals surface area contributed by atoms with Gasteiger partial charge in [-0.1, -0.05) is 6.07 Å². The van der Waals surface area contributed by atoms with E-state index >= 15 is 0 Å². The van der Waals surface area contributed by atoms with Gasteiger partial charge in [-0.3, -0.25) is 9.59 Å². The van der Waals surface area contributed by atoms with E-state index in [1.807, 2.05) is 0 Å². The molecule has 0 unspecified atom stereocenters. The minimum absolute atomic E-state index is 0.132. The molecule has 4 atom stereocenters. The van der Waals surface area contributed by atoms with E-state index in [-0.39, 0.29) is 42.5 Å². The fraction of sp³-hybridized carbons (Fsp3) is 0.600. The van der Waals surface area contributed by atoms with E-state index in [2.05, 4.69) is 10.0 Å². The first-order valence-electron chi connectivity index (χ1n) is 7.89. The second-order valence-electron chi connectivity index (χ2n) is 6.28. The monoisotopic (exact) mass is 355 g/mol. The second-order valence-corrected chi connectivity index (χ2v) is 8.06. The zero-order chi connectivity index (χ0) is 17.3. The number of ether oxygens (including phenoxy) is 1. The topological polar surface area (TPSA) is 107 Å². The normalized spacial score (nSPS) is 28.9. The molecule has 2 fully saturated rings. The van der Waals surface area contributed by atoms with Crippen molar-refractivity contribution in [1.29, 1.82) is 0 Å². The van der Waals surface area contributed by atoms with Crippen LogP contribution in [0.3, 0.4) is 0 Å². The van der Waals surface area contributed by atoms with Crippen LogP contribution < -0.4 is 15.6 Å². The van der Waals surface area contributed by atoms with Crippen LogP contribution in [0.25, 0.3) is 0 Å². The summed E-state index contributed by atoms with van der Waals surface area (Å²) < 4.78 is 32.5. The zero-order valence-corrected chi connectivity index (χ0v) is 14.2. The van der Waals surface area contributed by atoms with Crippen molar-refractivity contribution < 1.29 is 17.9 Å². The molecule has 0 bridgehead atoms. The maximum absolute atomic E-state index is 12.2. The van der Waals surface area contributed by atoms with Crippen LogP contribution in [0.1, 0.15) is 12.8 Å². The lowest BCUT2D eigenvalue weighted by Crippen LogP contribution is -2.70. The predicted molar refractivity (Wildman–Crippen MR) is 86.9 cm³/mol. The van der Waals surface area contributed by atoms with Gasteiger partial charge in [0.25, 0.3) is 5.56 Å². The van der Waals surface area contributed by atoms with Gasteiger partial charge in [-0.25, -0.2) is 13.1 Å². The average molecular weight is 355 g/mol. The second kappa shape index (κ2) is 6.66. The number of carbonyl (C=O) groups excluding carboxylic acids is 1. The smallest absolute Gasteiger partial charge is 0.250 e. The van der Waals surface area contributed by atoms with E-state index in [9.17, 15) is 18.0 Å². The number of amides is 1. The Morgan fingerprint density at radius 2 is 2.17 bits per heavy atom. The number of aromatic nitrogens is 1. The SMILES string of the molecule is CS(=O)(=O)N[C@H]1[C@H](NC(=O)CCn2ccccc2=O)[C@@H]2CCO[C@@H]21. The molecule has 1 saturated carbocycles. The Kier molecular flexibility index (Phi) is 4.75. The molecule has 24 heavy (non-hydrogen) atoms. The number of nitrogens with zero attached hydrogens (tertiary/aromatic N) is 1. The van der Waals surface area contributed by atoms with Crippen LogP contribution in [0.5, 0.6) is 0 Å². The van der Waals surface area contributed by atoms with E-state index in [4.69, 9.17) is 4.74 Å². The number of hydrogen-bond donors (Lipinski definition) is 2. The highest BCUT2D eigenvalue weighted by molar-refractivity contribution is 7.88. The van der Waals surface area contributed by atoms with Gasteiger partial charge in [0, 0.05) is 37.8 Å². The molecule has 1 aromatic rings. The van der Waals surface area contributed by atoms with Crippen LogP contribution in [0, 0.1) is 5.92 Å². The quantitative estimate of drug-likeness (QED) is 0.685.